The van der Waals surface area contributed by atoms with Crippen molar-refractivity contribution in [3.8, 4) is 0 Å². The topological polar surface area (TPSA) is 37.4 Å². The zero-order chi connectivity index (χ0) is 14.5. The molecule has 2 aromatic carbocycles. The van der Waals surface area contributed by atoms with Crippen LogP contribution >= 0.6 is 0 Å². The van der Waals surface area contributed by atoms with Crippen LogP contribution in [0.25, 0.3) is 0 Å². The van der Waals surface area contributed by atoms with Crippen molar-refractivity contribution in [2.45, 2.75) is 6.54 Å². The van der Waals surface area contributed by atoms with Crippen molar-refractivity contribution in [2.24, 2.45) is 0 Å². The Morgan fingerprint density at radius 1 is 1.00 bits per heavy atom. The summed E-state index contributed by atoms with van der Waals surface area (Å²) in [5.41, 5.74) is 1.48. The van der Waals surface area contributed by atoms with Gasteiger partial charge in [-0.15, -0.1) is 0 Å². The van der Waals surface area contributed by atoms with Crippen molar-refractivity contribution in [3.63, 3.8) is 0 Å². The summed E-state index contributed by atoms with van der Waals surface area (Å²) in [4.78, 5) is 14.3. The molecule has 0 aliphatic carbocycles. The summed E-state index contributed by atoms with van der Waals surface area (Å²) < 4.78 is 13.0. The Balaban J connectivity index is 2.32. The number of benzene rings is 2. The minimum atomic E-state index is -2.74. The monoisotopic (exact) mass is 335 g/mol. The number of carbonyl (C=O) groups excluding carboxylic acids is 1. The molecule has 0 aliphatic rings. The van der Waals surface area contributed by atoms with Crippen LogP contribution in [0.2, 0.25) is 0 Å². The SMILES string of the molecule is CN(C)Cc1ccccc1[Se](=O)C(=O)c1ccccc1. The Morgan fingerprint density at radius 3 is 2.25 bits per heavy atom. The number of rotatable bonds is 5. The number of hydrogen-bond acceptors (Lipinski definition) is 3. The fraction of sp³-hybridized carbons (Fsp3) is 0.188. The van der Waals surface area contributed by atoms with E-state index < -0.39 is 13.8 Å². The molecule has 0 N–H and O–H groups in total. The molecule has 2 aromatic rings. The fourth-order valence-corrected chi connectivity index (χ4v) is 4.29. The molecule has 0 fully saturated rings. The third-order valence-corrected chi connectivity index (χ3v) is 5.71. The minimum absolute atomic E-state index is 0.253. The first kappa shape index (κ1) is 14.8. The molecule has 0 radical (unpaired) electrons. The van der Waals surface area contributed by atoms with Crippen LogP contribution < -0.4 is 4.46 Å². The molecule has 0 aliphatic heterocycles. The molecule has 2 rings (SSSR count). The van der Waals surface area contributed by atoms with Crippen molar-refractivity contribution in [2.75, 3.05) is 14.1 Å². The molecule has 0 aromatic heterocycles. The van der Waals surface area contributed by atoms with Gasteiger partial charge in [0, 0.05) is 0 Å². The third kappa shape index (κ3) is 3.48. The van der Waals surface area contributed by atoms with Crippen LogP contribution in [0.3, 0.4) is 0 Å². The molecule has 0 spiro atoms. The van der Waals surface area contributed by atoms with Gasteiger partial charge >= 0.3 is 123 Å². The van der Waals surface area contributed by atoms with Gasteiger partial charge in [0.15, 0.2) is 0 Å². The van der Waals surface area contributed by atoms with E-state index in [1.165, 1.54) is 0 Å². The van der Waals surface area contributed by atoms with E-state index in [0.29, 0.717) is 16.6 Å². The third-order valence-electron chi connectivity index (χ3n) is 2.84. The molecule has 3 nitrogen and oxygen atoms in total. The van der Waals surface area contributed by atoms with Crippen LogP contribution in [0.5, 0.6) is 0 Å². The van der Waals surface area contributed by atoms with Gasteiger partial charge in [-0.3, -0.25) is 0 Å². The molecule has 1 unspecified atom stereocenters. The van der Waals surface area contributed by atoms with Gasteiger partial charge < -0.3 is 0 Å². The van der Waals surface area contributed by atoms with Gasteiger partial charge in [-0.05, 0) is 0 Å². The van der Waals surface area contributed by atoms with Gasteiger partial charge in [0.25, 0.3) is 0 Å². The summed E-state index contributed by atoms with van der Waals surface area (Å²) in [7, 11) is 3.91. The Bertz CT molecular complexity index is 623. The van der Waals surface area contributed by atoms with Crippen molar-refractivity contribution in [1.29, 1.82) is 0 Å². The molecule has 0 saturated heterocycles. The van der Waals surface area contributed by atoms with Crippen LogP contribution in [-0.2, 0) is 10.4 Å². The molecular formula is C16H17NO2Se. The van der Waals surface area contributed by atoms with E-state index in [1.54, 1.807) is 30.3 Å². The second-order valence-corrected chi connectivity index (χ2v) is 7.60. The maximum absolute atomic E-state index is 12.6. The first-order valence-corrected chi connectivity index (χ1v) is 8.74. The van der Waals surface area contributed by atoms with Crippen LogP contribution in [0.1, 0.15) is 15.9 Å². The first-order chi connectivity index (χ1) is 9.59. The van der Waals surface area contributed by atoms with Crippen molar-refractivity contribution in [1.82, 2.24) is 4.90 Å². The maximum atomic E-state index is 12.6. The Morgan fingerprint density at radius 2 is 1.60 bits per heavy atom. The zero-order valence-electron chi connectivity index (χ0n) is 11.6. The van der Waals surface area contributed by atoms with Gasteiger partial charge in [-0.2, -0.15) is 0 Å². The summed E-state index contributed by atoms with van der Waals surface area (Å²) in [6.07, 6.45) is 0. The molecule has 20 heavy (non-hydrogen) atoms. The number of carbonyl (C=O) groups is 1. The summed E-state index contributed by atoms with van der Waals surface area (Å²) in [6, 6.07) is 16.3. The average molecular weight is 334 g/mol. The van der Waals surface area contributed by atoms with E-state index in [-0.39, 0.29) is 4.68 Å². The van der Waals surface area contributed by atoms with Crippen LogP contribution in [0.15, 0.2) is 54.6 Å². The van der Waals surface area contributed by atoms with Crippen LogP contribution in [0.4, 0.5) is 0 Å². The van der Waals surface area contributed by atoms with E-state index >= 15 is 0 Å². The van der Waals surface area contributed by atoms with E-state index in [4.69, 9.17) is 0 Å². The van der Waals surface area contributed by atoms with Crippen molar-refractivity contribution in [3.05, 3.63) is 65.7 Å². The van der Waals surface area contributed by atoms with E-state index in [9.17, 15) is 8.63 Å². The standard InChI is InChI=1S/C16H17NO2Se/c1-17(2)12-14-10-6-7-11-15(14)20(19)16(18)13-8-4-3-5-9-13/h3-11H,12H2,1-2H3. The predicted molar refractivity (Wildman–Crippen MR) is 80.7 cm³/mol. The molecule has 0 saturated carbocycles. The summed E-state index contributed by atoms with van der Waals surface area (Å²) >= 11 is -2.74. The normalized spacial score (nSPS) is 12.3. The van der Waals surface area contributed by atoms with Gasteiger partial charge in [-0.1, -0.05) is 0 Å². The van der Waals surface area contributed by atoms with Gasteiger partial charge in [0.2, 0.25) is 0 Å². The molecular weight excluding hydrogens is 317 g/mol. The predicted octanol–water partition coefficient (Wildman–Crippen LogP) is 1.80. The summed E-state index contributed by atoms with van der Waals surface area (Å²) in [5, 5.41) is 0. The second kappa shape index (κ2) is 6.71. The van der Waals surface area contributed by atoms with Crippen molar-refractivity contribution < 1.29 is 8.63 Å². The molecule has 0 heterocycles. The Kier molecular flexibility index (Phi) is 4.96. The molecule has 4 heteroatoms. The zero-order valence-corrected chi connectivity index (χ0v) is 13.3. The molecule has 0 bridgehead atoms. The van der Waals surface area contributed by atoms with E-state index in [1.807, 2.05) is 43.3 Å². The Labute approximate surface area is 123 Å². The van der Waals surface area contributed by atoms with Crippen LogP contribution in [-0.4, -0.2) is 37.5 Å². The van der Waals surface area contributed by atoms with Gasteiger partial charge in [0.05, 0.1) is 0 Å². The molecule has 0 amide bonds. The number of nitrogens with zero attached hydrogens (tertiary/aromatic N) is 1. The Hall–Kier alpha value is -1.61. The van der Waals surface area contributed by atoms with Gasteiger partial charge in [-0.25, -0.2) is 0 Å². The van der Waals surface area contributed by atoms with Gasteiger partial charge in [0.1, 0.15) is 0 Å². The number of hydrogen-bond donors (Lipinski definition) is 0. The summed E-state index contributed by atoms with van der Waals surface area (Å²) in [5.74, 6) is 0. The molecule has 104 valence electrons. The van der Waals surface area contributed by atoms with E-state index in [2.05, 4.69) is 0 Å². The van der Waals surface area contributed by atoms with E-state index in [0.717, 1.165) is 5.56 Å². The second-order valence-electron chi connectivity index (χ2n) is 4.77. The summed E-state index contributed by atoms with van der Waals surface area (Å²) in [6.45, 7) is 0.681. The molecule has 1 atom stereocenters. The quantitative estimate of drug-likeness (QED) is 0.783. The fourth-order valence-electron chi connectivity index (χ4n) is 1.94. The average Bonchev–Trinajstić information content (AvgIpc) is 2.46. The first-order valence-electron chi connectivity index (χ1n) is 6.33. The van der Waals surface area contributed by atoms with Crippen molar-refractivity contribution >= 4 is 23.0 Å². The van der Waals surface area contributed by atoms with Crippen LogP contribution in [0, 0.1) is 0 Å².